The summed E-state index contributed by atoms with van der Waals surface area (Å²) in [5.74, 6) is 0.825. The first-order chi connectivity index (χ1) is 24.4. The summed E-state index contributed by atoms with van der Waals surface area (Å²) < 4.78 is 9.86. The van der Waals surface area contributed by atoms with E-state index >= 15 is 0 Å². The van der Waals surface area contributed by atoms with Gasteiger partial charge in [0, 0.05) is 43.9 Å². The molecular formula is C42H45N5O3. The van der Waals surface area contributed by atoms with Gasteiger partial charge in [-0.25, -0.2) is 0 Å². The van der Waals surface area contributed by atoms with Crippen molar-refractivity contribution in [2.75, 3.05) is 20.2 Å². The maximum atomic E-state index is 11.6. The lowest BCUT2D eigenvalue weighted by atomic mass is 9.84. The van der Waals surface area contributed by atoms with Crippen molar-refractivity contribution in [2.45, 2.75) is 52.7 Å². The molecule has 0 unspecified atom stereocenters. The van der Waals surface area contributed by atoms with Gasteiger partial charge in [-0.2, -0.15) is 0 Å². The average molecular weight is 668 g/mol. The number of benzene rings is 3. The van der Waals surface area contributed by atoms with Crippen LogP contribution in [0.3, 0.4) is 0 Å². The first kappa shape index (κ1) is 34.4. The standard InChI is InChI=1S/C42H45N5O3/c1-4-38(33-11-7-5-8-12-33)41(35-13-9-6-10-14-35)36-19-21-37(22-20-36)50-28-27-45(3)29-32-15-17-34(18-16-32)39-30-47(44-43-39)26-25-46-24-23-40(48)42(49)31(46)2/h5-19,21,23-24,30,49H,4,20,22,25-29H2,1-3H3/b41-38-. The van der Waals surface area contributed by atoms with Crippen LogP contribution in [-0.2, 0) is 24.4 Å². The van der Waals surface area contributed by atoms with Crippen molar-refractivity contribution in [1.29, 1.82) is 0 Å². The maximum Gasteiger partial charge on any atom is 0.223 e. The molecule has 0 amide bonds. The molecule has 2 aromatic heterocycles. The van der Waals surface area contributed by atoms with Crippen molar-refractivity contribution in [3.05, 3.63) is 159 Å². The van der Waals surface area contributed by atoms with Gasteiger partial charge in [0.05, 0.1) is 24.2 Å². The van der Waals surface area contributed by atoms with E-state index < -0.39 is 0 Å². The van der Waals surface area contributed by atoms with Gasteiger partial charge in [-0.05, 0) is 66.3 Å². The van der Waals surface area contributed by atoms with Gasteiger partial charge in [0.15, 0.2) is 5.75 Å². The van der Waals surface area contributed by atoms with Crippen molar-refractivity contribution < 1.29 is 9.84 Å². The number of hydrogen-bond donors (Lipinski definition) is 1. The summed E-state index contributed by atoms with van der Waals surface area (Å²) in [5, 5.41) is 18.5. The van der Waals surface area contributed by atoms with E-state index in [2.05, 4.69) is 126 Å². The second kappa shape index (κ2) is 16.3. The molecule has 2 heterocycles. The van der Waals surface area contributed by atoms with E-state index in [1.807, 2.05) is 10.8 Å². The molecule has 5 aromatic rings. The first-order valence-corrected chi connectivity index (χ1v) is 17.3. The fourth-order valence-electron chi connectivity index (χ4n) is 6.43. The van der Waals surface area contributed by atoms with Crippen LogP contribution in [0.15, 0.2) is 132 Å². The number of nitrogens with zero attached hydrogens (tertiary/aromatic N) is 5. The van der Waals surface area contributed by atoms with Gasteiger partial charge in [-0.15, -0.1) is 5.10 Å². The van der Waals surface area contributed by atoms with Crippen molar-refractivity contribution in [3.8, 4) is 17.0 Å². The Hall–Kier alpha value is -5.47. The van der Waals surface area contributed by atoms with E-state index in [0.29, 0.717) is 25.4 Å². The molecule has 0 fully saturated rings. The molecule has 0 radical (unpaired) electrons. The Kier molecular flexibility index (Phi) is 11.2. The molecule has 50 heavy (non-hydrogen) atoms. The third-order valence-electron chi connectivity index (χ3n) is 9.26. The lowest BCUT2D eigenvalue weighted by Crippen LogP contribution is -2.22. The summed E-state index contributed by atoms with van der Waals surface area (Å²) in [7, 11) is 2.12. The molecule has 1 N–H and O–H groups in total. The first-order valence-electron chi connectivity index (χ1n) is 17.3. The van der Waals surface area contributed by atoms with Gasteiger partial charge in [0.2, 0.25) is 5.43 Å². The fourth-order valence-corrected chi connectivity index (χ4v) is 6.43. The number of likely N-dealkylation sites (N-methyl/N-ethyl adjacent to an activating group) is 1. The minimum absolute atomic E-state index is 0.214. The van der Waals surface area contributed by atoms with Crippen molar-refractivity contribution in [3.63, 3.8) is 0 Å². The minimum atomic E-state index is -0.371. The highest BCUT2D eigenvalue weighted by molar-refractivity contribution is 5.98. The quantitative estimate of drug-likeness (QED) is 0.121. The topological polar surface area (TPSA) is 85.4 Å². The number of aromatic hydroxyl groups is 1. The number of pyridine rings is 1. The molecule has 0 bridgehead atoms. The van der Waals surface area contributed by atoms with Crippen LogP contribution >= 0.6 is 0 Å². The minimum Gasteiger partial charge on any atom is -0.503 e. The van der Waals surface area contributed by atoms with E-state index in [1.165, 1.54) is 39.5 Å². The molecule has 3 aromatic carbocycles. The highest BCUT2D eigenvalue weighted by atomic mass is 16.5. The number of rotatable bonds is 14. The van der Waals surface area contributed by atoms with Gasteiger partial charge >= 0.3 is 0 Å². The third-order valence-corrected chi connectivity index (χ3v) is 9.26. The van der Waals surface area contributed by atoms with Crippen LogP contribution in [0.5, 0.6) is 5.75 Å². The molecule has 256 valence electrons. The Morgan fingerprint density at radius 2 is 1.62 bits per heavy atom. The molecular weight excluding hydrogens is 622 g/mol. The van der Waals surface area contributed by atoms with Crippen LogP contribution in [0, 0.1) is 6.92 Å². The monoisotopic (exact) mass is 667 g/mol. The smallest absolute Gasteiger partial charge is 0.223 e. The predicted octanol–water partition coefficient (Wildman–Crippen LogP) is 7.89. The number of aromatic nitrogens is 4. The molecule has 1 aliphatic rings. The zero-order chi connectivity index (χ0) is 34.9. The van der Waals surface area contributed by atoms with E-state index in [4.69, 9.17) is 4.74 Å². The van der Waals surface area contributed by atoms with Crippen molar-refractivity contribution in [1.82, 2.24) is 24.5 Å². The highest BCUT2D eigenvalue weighted by Gasteiger charge is 2.18. The molecule has 6 rings (SSSR count). The second-order valence-corrected chi connectivity index (χ2v) is 12.7. The number of aryl methyl sites for hydroxylation is 2. The lowest BCUT2D eigenvalue weighted by molar-refractivity contribution is 0.162. The van der Waals surface area contributed by atoms with Crippen molar-refractivity contribution in [2.24, 2.45) is 0 Å². The van der Waals surface area contributed by atoms with Crippen LogP contribution in [0.4, 0.5) is 0 Å². The van der Waals surface area contributed by atoms with Crippen LogP contribution in [0.2, 0.25) is 0 Å². The second-order valence-electron chi connectivity index (χ2n) is 12.7. The van der Waals surface area contributed by atoms with Gasteiger partial charge in [0.1, 0.15) is 12.3 Å². The largest absolute Gasteiger partial charge is 0.503 e. The van der Waals surface area contributed by atoms with E-state index in [1.54, 1.807) is 17.8 Å². The zero-order valence-corrected chi connectivity index (χ0v) is 29.1. The third kappa shape index (κ3) is 8.39. The normalized spacial score (nSPS) is 13.5. The molecule has 0 spiro atoms. The Bertz CT molecular complexity index is 2040. The number of allylic oxidation sites excluding steroid dienone is 6. The SMILES string of the molecule is CC/C(=C(/C1=CC=C(OCCN(C)Cc2ccc(-c3cn(CCn4ccc(=O)c(O)c4C)nn3)cc2)CC1)c1ccccc1)c1ccccc1. The van der Waals surface area contributed by atoms with Crippen molar-refractivity contribution >= 4 is 11.1 Å². The Balaban J connectivity index is 1.01. The molecule has 0 saturated carbocycles. The molecule has 8 nitrogen and oxygen atoms in total. The van der Waals surface area contributed by atoms with E-state index in [0.717, 1.165) is 49.4 Å². The summed E-state index contributed by atoms with van der Waals surface area (Å²) in [6, 6.07) is 31.3. The van der Waals surface area contributed by atoms with Gasteiger partial charge in [-0.3, -0.25) is 14.4 Å². The zero-order valence-electron chi connectivity index (χ0n) is 29.1. The van der Waals surface area contributed by atoms with Gasteiger partial charge in [0.25, 0.3) is 0 Å². The summed E-state index contributed by atoms with van der Waals surface area (Å²) in [6.45, 7) is 7.37. The fraction of sp³-hybridized carbons (Fsp3) is 0.262. The highest BCUT2D eigenvalue weighted by Crippen LogP contribution is 2.38. The van der Waals surface area contributed by atoms with Crippen LogP contribution in [-0.4, -0.2) is 49.8 Å². The summed E-state index contributed by atoms with van der Waals surface area (Å²) >= 11 is 0. The lowest BCUT2D eigenvalue weighted by Gasteiger charge is -2.23. The summed E-state index contributed by atoms with van der Waals surface area (Å²) in [4.78, 5) is 13.9. The number of ether oxygens (including phenoxy) is 1. The average Bonchev–Trinajstić information content (AvgIpc) is 3.63. The molecule has 0 saturated heterocycles. The van der Waals surface area contributed by atoms with Gasteiger partial charge in [-0.1, -0.05) is 103 Å². The predicted molar refractivity (Wildman–Crippen MR) is 200 cm³/mol. The Morgan fingerprint density at radius 3 is 2.30 bits per heavy atom. The van der Waals surface area contributed by atoms with Gasteiger partial charge < -0.3 is 14.4 Å². The Morgan fingerprint density at radius 1 is 0.900 bits per heavy atom. The van der Waals surface area contributed by atoms with E-state index in [9.17, 15) is 9.90 Å². The van der Waals surface area contributed by atoms with Crippen LogP contribution in [0.25, 0.3) is 22.4 Å². The molecule has 1 aliphatic carbocycles. The Labute approximate surface area is 294 Å². The maximum absolute atomic E-state index is 11.6. The molecule has 0 atom stereocenters. The van der Waals surface area contributed by atoms with Crippen LogP contribution < -0.4 is 5.43 Å². The molecule has 0 aliphatic heterocycles. The molecule has 8 heteroatoms. The van der Waals surface area contributed by atoms with E-state index in [-0.39, 0.29) is 11.2 Å². The summed E-state index contributed by atoms with van der Waals surface area (Å²) in [5.41, 5.74) is 9.79. The number of hydrogen-bond acceptors (Lipinski definition) is 6. The van der Waals surface area contributed by atoms with Crippen LogP contribution in [0.1, 0.15) is 48.6 Å². The summed E-state index contributed by atoms with van der Waals surface area (Å²) in [6.07, 6.45) is 10.8.